The molecule has 0 saturated heterocycles. The largest absolute Gasteiger partial charge is 0.292 e. The lowest BCUT2D eigenvalue weighted by Crippen LogP contribution is -2.11. The maximum Gasteiger partial charge on any atom is 0.145 e. The van der Waals surface area contributed by atoms with E-state index in [9.17, 15) is 0 Å². The van der Waals surface area contributed by atoms with Crippen LogP contribution < -0.4 is 0 Å². The summed E-state index contributed by atoms with van der Waals surface area (Å²) in [6.07, 6.45) is 3.67. The van der Waals surface area contributed by atoms with Crippen molar-refractivity contribution in [3.8, 4) is 17.1 Å². The molecule has 0 aliphatic heterocycles. The van der Waals surface area contributed by atoms with Crippen molar-refractivity contribution < 1.29 is 0 Å². The molecule has 0 atom stereocenters. The lowest BCUT2D eigenvalue weighted by molar-refractivity contribution is 0.590. The van der Waals surface area contributed by atoms with Crippen molar-refractivity contribution in [1.82, 2.24) is 19.5 Å². The molecule has 0 amide bonds. The van der Waals surface area contributed by atoms with Crippen LogP contribution in [0.2, 0.25) is 0 Å². The van der Waals surface area contributed by atoms with Crippen molar-refractivity contribution in [3.05, 3.63) is 96.3 Å². The van der Waals surface area contributed by atoms with E-state index in [0.717, 1.165) is 49.9 Å². The highest BCUT2D eigenvalue weighted by atomic mass is 15.1. The summed E-state index contributed by atoms with van der Waals surface area (Å²) in [6, 6.07) is 25.9. The SMILES string of the molecule is CC(C)(C)c1ccc(-c2nc3c4cccnc4c4ncccc4c3n2-c2ccc(C(C)(C)C)cc2)cc1. The lowest BCUT2D eigenvalue weighted by atomic mass is 9.86. The van der Waals surface area contributed by atoms with Gasteiger partial charge in [0.1, 0.15) is 5.82 Å². The molecule has 6 aromatic rings. The van der Waals surface area contributed by atoms with Gasteiger partial charge in [0.2, 0.25) is 0 Å². The quantitative estimate of drug-likeness (QED) is 0.232. The van der Waals surface area contributed by atoms with E-state index in [1.165, 1.54) is 11.1 Å². The van der Waals surface area contributed by atoms with Crippen LogP contribution in [0.15, 0.2) is 85.2 Å². The average Bonchev–Trinajstić information content (AvgIpc) is 3.29. The maximum atomic E-state index is 5.30. The Bertz CT molecular complexity index is 1760. The monoisotopic (exact) mass is 484 g/mol. The Hall–Kier alpha value is -4.05. The van der Waals surface area contributed by atoms with Gasteiger partial charge in [-0.15, -0.1) is 0 Å². The molecule has 4 heteroatoms. The van der Waals surface area contributed by atoms with Gasteiger partial charge in [0, 0.05) is 34.4 Å². The highest BCUT2D eigenvalue weighted by Crippen LogP contribution is 2.38. The van der Waals surface area contributed by atoms with E-state index in [1.54, 1.807) is 0 Å². The first kappa shape index (κ1) is 23.4. The molecule has 6 rings (SSSR count). The summed E-state index contributed by atoms with van der Waals surface area (Å²) >= 11 is 0. The zero-order valence-electron chi connectivity index (χ0n) is 22.4. The minimum absolute atomic E-state index is 0.0830. The van der Waals surface area contributed by atoms with Crippen molar-refractivity contribution in [2.75, 3.05) is 0 Å². The van der Waals surface area contributed by atoms with Crippen molar-refractivity contribution in [2.24, 2.45) is 0 Å². The lowest BCUT2D eigenvalue weighted by Gasteiger charge is -2.20. The van der Waals surface area contributed by atoms with E-state index < -0.39 is 0 Å². The van der Waals surface area contributed by atoms with E-state index >= 15 is 0 Å². The number of hydrogen-bond acceptors (Lipinski definition) is 3. The van der Waals surface area contributed by atoms with E-state index in [2.05, 4.69) is 107 Å². The second kappa shape index (κ2) is 8.24. The molecule has 0 aliphatic carbocycles. The molecule has 0 aliphatic rings. The molecular weight excluding hydrogens is 452 g/mol. The van der Waals surface area contributed by atoms with Gasteiger partial charge in [0.15, 0.2) is 0 Å². The topological polar surface area (TPSA) is 43.6 Å². The number of fused-ring (bicyclic) bond motifs is 6. The molecule has 4 nitrogen and oxygen atoms in total. The maximum absolute atomic E-state index is 5.30. The normalized spacial score (nSPS) is 12.6. The van der Waals surface area contributed by atoms with Crippen LogP contribution in [-0.4, -0.2) is 19.5 Å². The van der Waals surface area contributed by atoms with Gasteiger partial charge in [-0.3, -0.25) is 14.5 Å². The first-order valence-electron chi connectivity index (χ1n) is 12.9. The minimum atomic E-state index is 0.0830. The molecule has 0 fully saturated rings. The van der Waals surface area contributed by atoms with Crippen LogP contribution in [0.5, 0.6) is 0 Å². The number of rotatable bonds is 2. The third kappa shape index (κ3) is 3.88. The molecule has 0 bridgehead atoms. The van der Waals surface area contributed by atoms with Gasteiger partial charge in [0.05, 0.1) is 22.1 Å². The first-order valence-corrected chi connectivity index (χ1v) is 12.9. The second-order valence-electron chi connectivity index (χ2n) is 11.9. The van der Waals surface area contributed by atoms with Crippen LogP contribution in [0.4, 0.5) is 0 Å². The Morgan fingerprint density at radius 3 is 1.65 bits per heavy atom. The fourth-order valence-electron chi connectivity index (χ4n) is 5.10. The van der Waals surface area contributed by atoms with Crippen molar-refractivity contribution in [2.45, 2.75) is 52.4 Å². The van der Waals surface area contributed by atoms with Crippen LogP contribution in [0, 0.1) is 0 Å². The van der Waals surface area contributed by atoms with Crippen LogP contribution in [-0.2, 0) is 10.8 Å². The van der Waals surface area contributed by atoms with Gasteiger partial charge in [-0.2, -0.15) is 0 Å². The summed E-state index contributed by atoms with van der Waals surface area (Å²) < 4.78 is 2.30. The first-order chi connectivity index (χ1) is 17.6. The number of pyridine rings is 2. The van der Waals surface area contributed by atoms with Gasteiger partial charge in [-0.25, -0.2) is 4.98 Å². The van der Waals surface area contributed by atoms with Crippen LogP contribution in [0.1, 0.15) is 52.7 Å². The number of imidazole rings is 1. The second-order valence-corrected chi connectivity index (χ2v) is 11.9. The zero-order chi connectivity index (χ0) is 25.9. The number of benzene rings is 3. The number of hydrogen-bond donors (Lipinski definition) is 0. The third-order valence-corrected chi connectivity index (χ3v) is 7.23. The molecule has 0 radical (unpaired) electrons. The molecule has 0 saturated carbocycles. The van der Waals surface area contributed by atoms with Gasteiger partial charge < -0.3 is 0 Å². The minimum Gasteiger partial charge on any atom is -0.292 e. The third-order valence-electron chi connectivity index (χ3n) is 7.23. The van der Waals surface area contributed by atoms with Crippen molar-refractivity contribution >= 4 is 32.8 Å². The van der Waals surface area contributed by atoms with Gasteiger partial charge in [-0.1, -0.05) is 77.9 Å². The average molecular weight is 485 g/mol. The van der Waals surface area contributed by atoms with Gasteiger partial charge in [-0.05, 0) is 58.4 Å². The van der Waals surface area contributed by atoms with E-state index in [1.807, 2.05) is 24.5 Å². The smallest absolute Gasteiger partial charge is 0.145 e. The Kier molecular flexibility index (Phi) is 5.20. The predicted octanol–water partition coefficient (Wildman–Crippen LogP) is 8.38. The fraction of sp³-hybridized carbons (Fsp3) is 0.242. The summed E-state index contributed by atoms with van der Waals surface area (Å²) in [4.78, 5) is 14.8. The molecule has 3 aromatic carbocycles. The van der Waals surface area contributed by atoms with Crippen LogP contribution in [0.25, 0.3) is 49.9 Å². The molecule has 37 heavy (non-hydrogen) atoms. The molecule has 3 heterocycles. The molecule has 0 unspecified atom stereocenters. The fourth-order valence-corrected chi connectivity index (χ4v) is 5.10. The van der Waals surface area contributed by atoms with Crippen LogP contribution in [0.3, 0.4) is 0 Å². The summed E-state index contributed by atoms with van der Waals surface area (Å²) in [7, 11) is 0. The summed E-state index contributed by atoms with van der Waals surface area (Å²) in [5, 5.41) is 2.06. The van der Waals surface area contributed by atoms with E-state index in [4.69, 9.17) is 15.0 Å². The summed E-state index contributed by atoms with van der Waals surface area (Å²) in [6.45, 7) is 13.5. The zero-order valence-corrected chi connectivity index (χ0v) is 22.4. The van der Waals surface area contributed by atoms with Crippen LogP contribution >= 0.6 is 0 Å². The summed E-state index contributed by atoms with van der Waals surface area (Å²) in [5.41, 5.74) is 8.72. The molecule has 0 spiro atoms. The molecular formula is C33H32N4. The van der Waals surface area contributed by atoms with Crippen molar-refractivity contribution in [1.29, 1.82) is 0 Å². The predicted molar refractivity (Wildman–Crippen MR) is 155 cm³/mol. The highest BCUT2D eigenvalue weighted by Gasteiger charge is 2.22. The van der Waals surface area contributed by atoms with E-state index in [0.29, 0.717) is 0 Å². The standard InChI is InChI=1S/C33H32N4/c1-32(2,3)22-13-11-21(12-14-22)31-36-29-25-9-7-19-34-27(25)28-26(10-8-20-35-28)30(29)37(31)24-17-15-23(16-18-24)33(4,5)6/h7-20H,1-6H3. The van der Waals surface area contributed by atoms with Crippen molar-refractivity contribution in [3.63, 3.8) is 0 Å². The number of nitrogens with zero attached hydrogens (tertiary/aromatic N) is 4. The molecule has 184 valence electrons. The summed E-state index contributed by atoms with van der Waals surface area (Å²) in [5.74, 6) is 0.917. The Labute approximate surface area is 218 Å². The Morgan fingerprint density at radius 1 is 0.568 bits per heavy atom. The van der Waals surface area contributed by atoms with E-state index in [-0.39, 0.29) is 10.8 Å². The van der Waals surface area contributed by atoms with Gasteiger partial charge >= 0.3 is 0 Å². The molecule has 3 aromatic heterocycles. The highest BCUT2D eigenvalue weighted by molar-refractivity contribution is 6.21. The molecule has 0 N–H and O–H groups in total. The Balaban J connectivity index is 1.72. The Morgan fingerprint density at radius 2 is 1.08 bits per heavy atom. The van der Waals surface area contributed by atoms with Gasteiger partial charge in [0.25, 0.3) is 0 Å². The number of aromatic nitrogens is 4.